The van der Waals surface area contributed by atoms with Crippen LogP contribution < -0.4 is 5.32 Å². The van der Waals surface area contributed by atoms with Crippen molar-refractivity contribution >= 4 is 23.3 Å². The Bertz CT molecular complexity index is 603. The van der Waals surface area contributed by atoms with Gasteiger partial charge in [0.1, 0.15) is 0 Å². The van der Waals surface area contributed by atoms with Crippen molar-refractivity contribution in [1.82, 2.24) is 0 Å². The maximum atomic E-state index is 11.6. The van der Waals surface area contributed by atoms with Crippen molar-refractivity contribution in [3.8, 4) is 0 Å². The minimum absolute atomic E-state index is 0.335. The molecular weight excluding hydrogens is 294 g/mol. The summed E-state index contributed by atoms with van der Waals surface area (Å²) in [6.07, 6.45) is 0. The first-order valence-corrected chi connectivity index (χ1v) is 7.45. The van der Waals surface area contributed by atoms with Gasteiger partial charge < -0.3 is 14.8 Å². The van der Waals surface area contributed by atoms with E-state index in [4.69, 9.17) is 9.47 Å². The fraction of sp³-hybridized carbons (Fsp3) is 0.222. The minimum atomic E-state index is -0.335. The van der Waals surface area contributed by atoms with Crippen LogP contribution >= 0.6 is 0 Å². The highest BCUT2D eigenvalue weighted by atomic mass is 16.5. The van der Waals surface area contributed by atoms with E-state index in [1.165, 1.54) is 0 Å². The summed E-state index contributed by atoms with van der Waals surface area (Å²) in [5, 5.41) is 3.20. The van der Waals surface area contributed by atoms with E-state index in [0.29, 0.717) is 24.3 Å². The van der Waals surface area contributed by atoms with E-state index in [1.54, 1.807) is 62.4 Å². The number of benzene rings is 2. The Balaban J connectivity index is 2.02. The fourth-order valence-electron chi connectivity index (χ4n) is 1.97. The first-order valence-electron chi connectivity index (χ1n) is 7.45. The van der Waals surface area contributed by atoms with Crippen molar-refractivity contribution in [2.75, 3.05) is 18.5 Å². The predicted molar refractivity (Wildman–Crippen MR) is 88.1 cm³/mol. The van der Waals surface area contributed by atoms with Gasteiger partial charge in [-0.15, -0.1) is 0 Å². The molecule has 0 aromatic heterocycles. The van der Waals surface area contributed by atoms with Crippen LogP contribution in [0.25, 0.3) is 0 Å². The predicted octanol–water partition coefficient (Wildman–Crippen LogP) is 3.78. The van der Waals surface area contributed by atoms with Gasteiger partial charge in [-0.2, -0.15) is 0 Å². The Hall–Kier alpha value is -2.82. The largest absolute Gasteiger partial charge is 0.462 e. The van der Waals surface area contributed by atoms with Crippen LogP contribution in [0.4, 0.5) is 11.4 Å². The quantitative estimate of drug-likeness (QED) is 0.822. The Morgan fingerprint density at radius 2 is 1.09 bits per heavy atom. The highest BCUT2D eigenvalue weighted by Gasteiger charge is 2.07. The summed E-state index contributed by atoms with van der Waals surface area (Å²) in [5.41, 5.74) is 2.69. The molecule has 0 unspecified atom stereocenters. The summed E-state index contributed by atoms with van der Waals surface area (Å²) in [4.78, 5) is 23.2. The highest BCUT2D eigenvalue weighted by molar-refractivity contribution is 5.90. The van der Waals surface area contributed by atoms with Crippen LogP contribution in [0.15, 0.2) is 48.5 Å². The summed E-state index contributed by atoms with van der Waals surface area (Å²) in [7, 11) is 0. The van der Waals surface area contributed by atoms with Gasteiger partial charge in [0.25, 0.3) is 0 Å². The van der Waals surface area contributed by atoms with Crippen LogP contribution in [0.3, 0.4) is 0 Å². The number of hydrogen-bond acceptors (Lipinski definition) is 5. The smallest absolute Gasteiger partial charge is 0.338 e. The van der Waals surface area contributed by atoms with Gasteiger partial charge in [0, 0.05) is 11.4 Å². The number of esters is 2. The van der Waals surface area contributed by atoms with Gasteiger partial charge in [0.15, 0.2) is 0 Å². The molecular formula is C18H19NO4. The molecule has 0 spiro atoms. The summed E-state index contributed by atoms with van der Waals surface area (Å²) in [5.74, 6) is -0.671. The number of carbonyl (C=O) groups excluding carboxylic acids is 2. The number of rotatable bonds is 6. The Morgan fingerprint density at radius 3 is 1.39 bits per heavy atom. The van der Waals surface area contributed by atoms with Crippen molar-refractivity contribution in [2.45, 2.75) is 13.8 Å². The molecule has 5 nitrogen and oxygen atoms in total. The lowest BCUT2D eigenvalue weighted by Gasteiger charge is -2.08. The molecule has 2 rings (SSSR count). The molecule has 5 heteroatoms. The lowest BCUT2D eigenvalue weighted by atomic mass is 10.2. The molecule has 0 atom stereocenters. The molecule has 0 saturated heterocycles. The molecule has 120 valence electrons. The van der Waals surface area contributed by atoms with Crippen LogP contribution in [-0.2, 0) is 9.47 Å². The average Bonchev–Trinajstić information content (AvgIpc) is 2.56. The summed E-state index contributed by atoms with van der Waals surface area (Å²) in [6, 6.07) is 14.0. The van der Waals surface area contributed by atoms with Crippen LogP contribution in [-0.4, -0.2) is 25.2 Å². The van der Waals surface area contributed by atoms with Gasteiger partial charge in [-0.1, -0.05) is 0 Å². The zero-order chi connectivity index (χ0) is 16.7. The molecule has 2 aromatic carbocycles. The number of carbonyl (C=O) groups is 2. The monoisotopic (exact) mass is 313 g/mol. The molecule has 0 aliphatic rings. The highest BCUT2D eigenvalue weighted by Crippen LogP contribution is 2.18. The van der Waals surface area contributed by atoms with E-state index in [-0.39, 0.29) is 11.9 Å². The number of anilines is 2. The molecule has 23 heavy (non-hydrogen) atoms. The molecule has 2 aromatic rings. The van der Waals surface area contributed by atoms with Gasteiger partial charge in [-0.05, 0) is 62.4 Å². The van der Waals surface area contributed by atoms with Crippen molar-refractivity contribution in [3.05, 3.63) is 59.7 Å². The van der Waals surface area contributed by atoms with Crippen LogP contribution in [0, 0.1) is 0 Å². The third kappa shape index (κ3) is 4.57. The number of hydrogen-bond donors (Lipinski definition) is 1. The fourth-order valence-corrected chi connectivity index (χ4v) is 1.97. The molecule has 1 N–H and O–H groups in total. The van der Waals surface area contributed by atoms with Crippen molar-refractivity contribution < 1.29 is 19.1 Å². The second-order valence-electron chi connectivity index (χ2n) is 4.72. The molecule has 0 aliphatic carbocycles. The van der Waals surface area contributed by atoms with Crippen LogP contribution in [0.5, 0.6) is 0 Å². The van der Waals surface area contributed by atoms with Crippen LogP contribution in [0.1, 0.15) is 34.6 Å². The maximum Gasteiger partial charge on any atom is 0.338 e. The maximum absolute atomic E-state index is 11.6. The zero-order valence-electron chi connectivity index (χ0n) is 13.2. The van der Waals surface area contributed by atoms with Crippen molar-refractivity contribution in [1.29, 1.82) is 0 Å². The number of nitrogens with one attached hydrogen (secondary N) is 1. The molecule has 0 saturated carbocycles. The molecule has 0 amide bonds. The Kier molecular flexibility index (Phi) is 5.74. The summed E-state index contributed by atoms with van der Waals surface area (Å²) >= 11 is 0. The van der Waals surface area contributed by atoms with E-state index in [0.717, 1.165) is 11.4 Å². The van der Waals surface area contributed by atoms with Gasteiger partial charge in [-0.3, -0.25) is 0 Å². The van der Waals surface area contributed by atoms with E-state index in [2.05, 4.69) is 5.32 Å². The molecule has 0 bridgehead atoms. The molecule has 0 radical (unpaired) electrons. The molecule has 0 fully saturated rings. The van der Waals surface area contributed by atoms with Crippen molar-refractivity contribution in [3.63, 3.8) is 0 Å². The molecule has 0 heterocycles. The van der Waals surface area contributed by atoms with E-state index < -0.39 is 0 Å². The SMILES string of the molecule is CCOC(=O)c1ccc(Nc2ccc(C(=O)OCC)cc2)cc1. The summed E-state index contributed by atoms with van der Waals surface area (Å²) in [6.45, 7) is 4.25. The lowest BCUT2D eigenvalue weighted by Crippen LogP contribution is -2.05. The zero-order valence-corrected chi connectivity index (χ0v) is 13.2. The van der Waals surface area contributed by atoms with E-state index in [1.807, 2.05) is 0 Å². The molecule has 0 aliphatic heterocycles. The topological polar surface area (TPSA) is 64.6 Å². The van der Waals surface area contributed by atoms with Gasteiger partial charge in [0.05, 0.1) is 24.3 Å². The van der Waals surface area contributed by atoms with E-state index >= 15 is 0 Å². The Morgan fingerprint density at radius 1 is 0.739 bits per heavy atom. The minimum Gasteiger partial charge on any atom is -0.462 e. The van der Waals surface area contributed by atoms with Gasteiger partial charge in [0.2, 0.25) is 0 Å². The Labute approximate surface area is 135 Å². The average molecular weight is 313 g/mol. The first-order chi connectivity index (χ1) is 11.1. The normalized spacial score (nSPS) is 10.0. The first kappa shape index (κ1) is 16.5. The second kappa shape index (κ2) is 7.98. The second-order valence-corrected chi connectivity index (χ2v) is 4.72. The van der Waals surface area contributed by atoms with Crippen molar-refractivity contribution in [2.24, 2.45) is 0 Å². The van der Waals surface area contributed by atoms with Gasteiger partial charge >= 0.3 is 11.9 Å². The third-order valence-electron chi connectivity index (χ3n) is 3.08. The number of ether oxygens (including phenoxy) is 2. The van der Waals surface area contributed by atoms with Gasteiger partial charge in [-0.25, -0.2) is 9.59 Å². The lowest BCUT2D eigenvalue weighted by molar-refractivity contribution is 0.0517. The third-order valence-corrected chi connectivity index (χ3v) is 3.08. The van der Waals surface area contributed by atoms with E-state index in [9.17, 15) is 9.59 Å². The standard InChI is InChI=1S/C18H19NO4/c1-3-22-17(20)13-5-9-15(10-6-13)19-16-11-7-14(8-12-16)18(21)23-4-2/h5-12,19H,3-4H2,1-2H3. The summed E-state index contributed by atoms with van der Waals surface area (Å²) < 4.78 is 9.88. The van der Waals surface area contributed by atoms with Crippen LogP contribution in [0.2, 0.25) is 0 Å².